The van der Waals surface area contributed by atoms with Crippen molar-refractivity contribution in [2.45, 2.75) is 33.6 Å². The van der Waals surface area contributed by atoms with Gasteiger partial charge in [-0.1, -0.05) is 27.2 Å². The van der Waals surface area contributed by atoms with Crippen LogP contribution in [0.25, 0.3) is 0 Å². The maximum atomic E-state index is 4.19. The van der Waals surface area contributed by atoms with Gasteiger partial charge in [0.25, 0.3) is 0 Å². The largest absolute Gasteiger partial charge is 0.351 e. The number of hydrogen-bond acceptors (Lipinski definition) is 1. The van der Waals surface area contributed by atoms with Gasteiger partial charge in [-0.2, -0.15) is 0 Å². The molecule has 0 spiro atoms. The standard InChI is InChI=1S/C9H16N2/c1-4-9(2,3)5-8-6-10-7-11-8/h6-7H,4-5H2,1-3H3,(H,10,11). The van der Waals surface area contributed by atoms with Gasteiger partial charge in [0.05, 0.1) is 12.0 Å². The van der Waals surface area contributed by atoms with Gasteiger partial charge in [0.2, 0.25) is 0 Å². The van der Waals surface area contributed by atoms with Crippen LogP contribution >= 0.6 is 0 Å². The van der Waals surface area contributed by atoms with Crippen molar-refractivity contribution in [3.05, 3.63) is 18.2 Å². The molecule has 0 atom stereocenters. The van der Waals surface area contributed by atoms with Crippen LogP contribution in [-0.4, -0.2) is 9.97 Å². The third-order valence-electron chi connectivity index (χ3n) is 2.17. The number of imidazole rings is 1. The van der Waals surface area contributed by atoms with Crippen molar-refractivity contribution in [1.82, 2.24) is 9.97 Å². The highest BCUT2D eigenvalue weighted by Crippen LogP contribution is 2.23. The van der Waals surface area contributed by atoms with Crippen LogP contribution in [0.1, 0.15) is 32.9 Å². The zero-order chi connectivity index (χ0) is 8.32. The summed E-state index contributed by atoms with van der Waals surface area (Å²) in [5, 5.41) is 0. The van der Waals surface area contributed by atoms with Gasteiger partial charge in [-0.3, -0.25) is 0 Å². The Balaban J connectivity index is 2.56. The third kappa shape index (κ3) is 2.37. The number of hydrogen-bond donors (Lipinski definition) is 1. The minimum Gasteiger partial charge on any atom is -0.351 e. The lowest BCUT2D eigenvalue weighted by Crippen LogP contribution is -2.13. The van der Waals surface area contributed by atoms with E-state index in [0.29, 0.717) is 5.41 Å². The Kier molecular flexibility index (Phi) is 2.32. The first-order chi connectivity index (χ1) is 5.14. The average Bonchev–Trinajstić information content (AvgIpc) is 2.39. The summed E-state index contributed by atoms with van der Waals surface area (Å²) in [6.07, 6.45) is 5.96. The molecule has 2 nitrogen and oxygen atoms in total. The minimum absolute atomic E-state index is 0.384. The summed E-state index contributed by atoms with van der Waals surface area (Å²) < 4.78 is 0. The van der Waals surface area contributed by atoms with Crippen LogP contribution in [0, 0.1) is 5.41 Å². The smallest absolute Gasteiger partial charge is 0.0923 e. The third-order valence-corrected chi connectivity index (χ3v) is 2.17. The SMILES string of the molecule is CCC(C)(C)Cc1c[nH]cn1. The lowest BCUT2D eigenvalue weighted by molar-refractivity contribution is 0.346. The molecule has 62 valence electrons. The van der Waals surface area contributed by atoms with Gasteiger partial charge >= 0.3 is 0 Å². The summed E-state index contributed by atoms with van der Waals surface area (Å²) >= 11 is 0. The summed E-state index contributed by atoms with van der Waals surface area (Å²) in [5.41, 5.74) is 1.55. The van der Waals surface area contributed by atoms with Crippen LogP contribution in [0.15, 0.2) is 12.5 Å². The molecule has 1 heterocycles. The molecule has 0 fully saturated rings. The van der Waals surface area contributed by atoms with Crippen molar-refractivity contribution in [1.29, 1.82) is 0 Å². The molecule has 0 saturated heterocycles. The molecule has 0 bridgehead atoms. The second-order valence-electron chi connectivity index (χ2n) is 3.76. The number of nitrogens with zero attached hydrogens (tertiary/aromatic N) is 1. The van der Waals surface area contributed by atoms with E-state index in [1.54, 1.807) is 6.33 Å². The van der Waals surface area contributed by atoms with Gasteiger partial charge in [0, 0.05) is 6.20 Å². The predicted octanol–water partition coefficient (Wildman–Crippen LogP) is 2.39. The molecule has 0 unspecified atom stereocenters. The van der Waals surface area contributed by atoms with E-state index in [1.807, 2.05) is 6.20 Å². The molecule has 0 radical (unpaired) electrons. The quantitative estimate of drug-likeness (QED) is 0.707. The second kappa shape index (κ2) is 3.07. The fourth-order valence-corrected chi connectivity index (χ4v) is 1.00. The summed E-state index contributed by atoms with van der Waals surface area (Å²) in [5.74, 6) is 0. The lowest BCUT2D eigenvalue weighted by Gasteiger charge is -2.20. The monoisotopic (exact) mass is 152 g/mol. The molecular formula is C9H16N2. The van der Waals surface area contributed by atoms with E-state index < -0.39 is 0 Å². The van der Waals surface area contributed by atoms with Gasteiger partial charge < -0.3 is 4.98 Å². The van der Waals surface area contributed by atoms with Gasteiger partial charge in [-0.15, -0.1) is 0 Å². The molecular weight excluding hydrogens is 136 g/mol. The molecule has 0 aliphatic carbocycles. The lowest BCUT2D eigenvalue weighted by atomic mass is 9.85. The van der Waals surface area contributed by atoms with Crippen molar-refractivity contribution in [2.75, 3.05) is 0 Å². The van der Waals surface area contributed by atoms with Crippen LogP contribution in [-0.2, 0) is 6.42 Å². The van der Waals surface area contributed by atoms with Gasteiger partial charge in [-0.05, 0) is 11.8 Å². The Hall–Kier alpha value is -0.790. The average molecular weight is 152 g/mol. The van der Waals surface area contributed by atoms with Crippen LogP contribution in [0.2, 0.25) is 0 Å². The van der Waals surface area contributed by atoms with Crippen molar-refractivity contribution in [3.8, 4) is 0 Å². The zero-order valence-corrected chi connectivity index (χ0v) is 7.52. The highest BCUT2D eigenvalue weighted by Gasteiger charge is 2.16. The van der Waals surface area contributed by atoms with Crippen LogP contribution in [0.4, 0.5) is 0 Å². The molecule has 0 amide bonds. The summed E-state index contributed by atoms with van der Waals surface area (Å²) in [6.45, 7) is 6.75. The number of nitrogens with one attached hydrogen (secondary N) is 1. The second-order valence-corrected chi connectivity index (χ2v) is 3.76. The van der Waals surface area contributed by atoms with E-state index in [-0.39, 0.29) is 0 Å². The Bertz CT molecular complexity index is 199. The van der Waals surface area contributed by atoms with Gasteiger partial charge in [-0.25, -0.2) is 4.98 Å². The maximum Gasteiger partial charge on any atom is 0.0923 e. The molecule has 1 rings (SSSR count). The number of aromatic amines is 1. The van der Waals surface area contributed by atoms with Crippen LogP contribution < -0.4 is 0 Å². The van der Waals surface area contributed by atoms with Crippen LogP contribution in [0.5, 0.6) is 0 Å². The number of aromatic nitrogens is 2. The maximum absolute atomic E-state index is 4.19. The Morgan fingerprint density at radius 2 is 2.27 bits per heavy atom. The molecule has 0 aromatic carbocycles. The fourth-order valence-electron chi connectivity index (χ4n) is 1.00. The van der Waals surface area contributed by atoms with Crippen molar-refractivity contribution in [2.24, 2.45) is 5.41 Å². The molecule has 1 aromatic rings. The first-order valence-electron chi connectivity index (χ1n) is 4.12. The number of H-pyrrole nitrogens is 1. The summed E-state index contributed by atoms with van der Waals surface area (Å²) in [4.78, 5) is 7.16. The van der Waals surface area contributed by atoms with Gasteiger partial charge in [0.1, 0.15) is 0 Å². The van der Waals surface area contributed by atoms with E-state index in [4.69, 9.17) is 0 Å². The molecule has 0 aliphatic rings. The Morgan fingerprint density at radius 3 is 2.73 bits per heavy atom. The van der Waals surface area contributed by atoms with Crippen LogP contribution in [0.3, 0.4) is 0 Å². The molecule has 2 heteroatoms. The van der Waals surface area contributed by atoms with Crippen molar-refractivity contribution in [3.63, 3.8) is 0 Å². The van der Waals surface area contributed by atoms with E-state index in [9.17, 15) is 0 Å². The van der Waals surface area contributed by atoms with E-state index in [2.05, 4.69) is 30.7 Å². The molecule has 1 N–H and O–H groups in total. The predicted molar refractivity (Wildman–Crippen MR) is 46.4 cm³/mol. The first-order valence-corrected chi connectivity index (χ1v) is 4.12. The van der Waals surface area contributed by atoms with Gasteiger partial charge in [0.15, 0.2) is 0 Å². The molecule has 11 heavy (non-hydrogen) atoms. The Labute approximate surface area is 68.0 Å². The fraction of sp³-hybridized carbons (Fsp3) is 0.667. The molecule has 0 saturated carbocycles. The van der Waals surface area contributed by atoms with E-state index in [1.165, 1.54) is 6.42 Å². The molecule has 0 aliphatic heterocycles. The normalized spacial score (nSPS) is 11.9. The van der Waals surface area contributed by atoms with Crippen molar-refractivity contribution >= 4 is 0 Å². The number of rotatable bonds is 3. The highest BCUT2D eigenvalue weighted by molar-refractivity contribution is 4.97. The highest BCUT2D eigenvalue weighted by atomic mass is 14.9. The minimum atomic E-state index is 0.384. The van der Waals surface area contributed by atoms with E-state index in [0.717, 1.165) is 12.1 Å². The van der Waals surface area contributed by atoms with E-state index >= 15 is 0 Å². The Morgan fingerprint density at radius 1 is 1.55 bits per heavy atom. The topological polar surface area (TPSA) is 28.7 Å². The zero-order valence-electron chi connectivity index (χ0n) is 7.52. The summed E-state index contributed by atoms with van der Waals surface area (Å²) in [6, 6.07) is 0. The van der Waals surface area contributed by atoms with Crippen molar-refractivity contribution < 1.29 is 0 Å². The molecule has 1 aromatic heterocycles. The summed E-state index contributed by atoms with van der Waals surface area (Å²) in [7, 11) is 0. The first kappa shape index (κ1) is 8.31.